The second kappa shape index (κ2) is 4.74. The van der Waals surface area contributed by atoms with Gasteiger partial charge in [-0.05, 0) is 30.3 Å². The maximum absolute atomic E-state index is 4.29. The Kier molecular flexibility index (Phi) is 2.94. The summed E-state index contributed by atoms with van der Waals surface area (Å²) in [5.41, 5.74) is 1.93. The van der Waals surface area contributed by atoms with Crippen molar-refractivity contribution in [2.75, 3.05) is 5.32 Å². The van der Waals surface area contributed by atoms with Gasteiger partial charge in [-0.1, -0.05) is 34.1 Å². The summed E-state index contributed by atoms with van der Waals surface area (Å²) >= 11 is 3.44. The minimum absolute atomic E-state index is 0.818. The molecule has 3 nitrogen and oxygen atoms in total. The summed E-state index contributed by atoms with van der Waals surface area (Å²) in [6.45, 7) is 0. The second-order valence-electron chi connectivity index (χ2n) is 3.87. The first-order chi connectivity index (χ1) is 8.83. The molecular weight excluding hydrogens is 290 g/mol. The van der Waals surface area contributed by atoms with Crippen molar-refractivity contribution in [2.24, 2.45) is 0 Å². The third kappa shape index (κ3) is 2.19. The number of para-hydroxylation sites is 1. The third-order valence-corrected chi connectivity index (χ3v) is 3.13. The van der Waals surface area contributed by atoms with E-state index in [4.69, 9.17) is 0 Å². The highest BCUT2D eigenvalue weighted by Gasteiger charge is 2.03. The van der Waals surface area contributed by atoms with Gasteiger partial charge in [0, 0.05) is 15.5 Å². The van der Waals surface area contributed by atoms with E-state index < -0.39 is 0 Å². The summed E-state index contributed by atoms with van der Waals surface area (Å²) in [4.78, 5) is 8.56. The van der Waals surface area contributed by atoms with Crippen molar-refractivity contribution in [1.29, 1.82) is 0 Å². The van der Waals surface area contributed by atoms with Gasteiger partial charge in [-0.15, -0.1) is 0 Å². The zero-order valence-electron chi connectivity index (χ0n) is 9.47. The van der Waals surface area contributed by atoms with Gasteiger partial charge in [-0.2, -0.15) is 0 Å². The van der Waals surface area contributed by atoms with Crippen molar-refractivity contribution in [3.63, 3.8) is 0 Å². The Labute approximate surface area is 113 Å². The summed E-state index contributed by atoms with van der Waals surface area (Å²) < 4.78 is 1.01. The van der Waals surface area contributed by atoms with E-state index in [1.807, 2.05) is 48.5 Å². The average Bonchev–Trinajstić information content (AvgIpc) is 2.40. The second-order valence-corrected chi connectivity index (χ2v) is 4.79. The average molecular weight is 300 g/mol. The molecule has 0 unspecified atom stereocenters. The highest BCUT2D eigenvalue weighted by molar-refractivity contribution is 9.10. The molecule has 0 atom stereocenters. The molecule has 1 aromatic heterocycles. The lowest BCUT2D eigenvalue weighted by Gasteiger charge is -2.08. The fraction of sp³-hybridized carbons (Fsp3) is 0. The molecule has 0 amide bonds. The van der Waals surface area contributed by atoms with Gasteiger partial charge >= 0.3 is 0 Å². The molecule has 1 heterocycles. The summed E-state index contributed by atoms with van der Waals surface area (Å²) in [7, 11) is 0. The Bertz CT molecular complexity index is 683. The van der Waals surface area contributed by atoms with Crippen molar-refractivity contribution in [3.05, 3.63) is 59.3 Å². The van der Waals surface area contributed by atoms with Gasteiger partial charge in [-0.3, -0.25) is 0 Å². The van der Waals surface area contributed by atoms with Crippen LogP contribution in [0.3, 0.4) is 0 Å². The molecule has 0 saturated heterocycles. The Morgan fingerprint density at radius 3 is 2.61 bits per heavy atom. The maximum Gasteiger partial charge on any atom is 0.141 e. The lowest BCUT2D eigenvalue weighted by Crippen LogP contribution is -1.95. The van der Waals surface area contributed by atoms with Crippen molar-refractivity contribution in [3.8, 4) is 0 Å². The molecule has 0 aliphatic heterocycles. The molecule has 4 heteroatoms. The van der Waals surface area contributed by atoms with Gasteiger partial charge < -0.3 is 5.32 Å². The molecule has 88 valence electrons. The number of hydrogen-bond donors (Lipinski definition) is 1. The zero-order chi connectivity index (χ0) is 12.4. The molecule has 0 aliphatic carbocycles. The van der Waals surface area contributed by atoms with Crippen LogP contribution in [0.5, 0.6) is 0 Å². The quantitative estimate of drug-likeness (QED) is 0.773. The molecule has 1 N–H and O–H groups in total. The van der Waals surface area contributed by atoms with Crippen LogP contribution in [-0.2, 0) is 0 Å². The van der Waals surface area contributed by atoms with Crippen LogP contribution in [0.15, 0.2) is 59.3 Å². The monoisotopic (exact) mass is 299 g/mol. The van der Waals surface area contributed by atoms with Crippen LogP contribution in [0.25, 0.3) is 10.9 Å². The van der Waals surface area contributed by atoms with Gasteiger partial charge in [0.25, 0.3) is 0 Å². The fourth-order valence-electron chi connectivity index (χ4n) is 1.79. The summed E-state index contributed by atoms with van der Waals surface area (Å²) in [6, 6.07) is 15.9. The van der Waals surface area contributed by atoms with Gasteiger partial charge in [0.15, 0.2) is 0 Å². The van der Waals surface area contributed by atoms with E-state index in [2.05, 4.69) is 31.2 Å². The number of hydrogen-bond acceptors (Lipinski definition) is 3. The SMILES string of the molecule is Brc1ccc2c(Nc3ccccc3)ncnc2c1. The summed E-state index contributed by atoms with van der Waals surface area (Å²) in [5.74, 6) is 0.818. The molecule has 0 saturated carbocycles. The third-order valence-electron chi connectivity index (χ3n) is 2.64. The smallest absolute Gasteiger partial charge is 0.141 e. The van der Waals surface area contributed by atoms with Gasteiger partial charge in [0.05, 0.1) is 5.52 Å². The number of aromatic nitrogens is 2. The molecule has 0 fully saturated rings. The van der Waals surface area contributed by atoms with Crippen LogP contribution in [0, 0.1) is 0 Å². The van der Waals surface area contributed by atoms with Crippen LogP contribution in [0.4, 0.5) is 11.5 Å². The molecule has 0 aliphatic rings. The number of nitrogens with one attached hydrogen (secondary N) is 1. The lowest BCUT2D eigenvalue weighted by atomic mass is 10.2. The first kappa shape index (κ1) is 11.2. The van der Waals surface area contributed by atoms with Crippen LogP contribution >= 0.6 is 15.9 Å². The molecule has 18 heavy (non-hydrogen) atoms. The molecule has 2 aromatic carbocycles. The fourth-order valence-corrected chi connectivity index (χ4v) is 2.14. The molecule has 3 aromatic rings. The van der Waals surface area contributed by atoms with E-state index in [0.29, 0.717) is 0 Å². The van der Waals surface area contributed by atoms with Crippen molar-refractivity contribution in [2.45, 2.75) is 0 Å². The lowest BCUT2D eigenvalue weighted by molar-refractivity contribution is 1.22. The van der Waals surface area contributed by atoms with Crippen molar-refractivity contribution in [1.82, 2.24) is 9.97 Å². The molecule has 3 rings (SSSR count). The van der Waals surface area contributed by atoms with Crippen LogP contribution in [0.1, 0.15) is 0 Å². The number of fused-ring (bicyclic) bond motifs is 1. The number of anilines is 2. The largest absolute Gasteiger partial charge is 0.340 e. The Morgan fingerprint density at radius 1 is 0.944 bits per heavy atom. The molecular formula is C14H10BrN3. The Morgan fingerprint density at radius 2 is 1.78 bits per heavy atom. The van der Waals surface area contributed by atoms with Gasteiger partial charge in [-0.25, -0.2) is 9.97 Å². The normalized spacial score (nSPS) is 10.5. The van der Waals surface area contributed by atoms with E-state index in [1.165, 1.54) is 0 Å². The van der Waals surface area contributed by atoms with E-state index >= 15 is 0 Å². The molecule has 0 radical (unpaired) electrons. The number of benzene rings is 2. The highest BCUT2D eigenvalue weighted by Crippen LogP contribution is 2.25. The number of nitrogens with zero attached hydrogens (tertiary/aromatic N) is 2. The van der Waals surface area contributed by atoms with Crippen LogP contribution in [0.2, 0.25) is 0 Å². The predicted molar refractivity (Wildman–Crippen MR) is 77.0 cm³/mol. The highest BCUT2D eigenvalue weighted by atomic mass is 79.9. The van der Waals surface area contributed by atoms with E-state index in [0.717, 1.165) is 26.9 Å². The van der Waals surface area contributed by atoms with Crippen LogP contribution < -0.4 is 5.32 Å². The first-order valence-electron chi connectivity index (χ1n) is 5.55. The zero-order valence-corrected chi connectivity index (χ0v) is 11.1. The van der Waals surface area contributed by atoms with Crippen molar-refractivity contribution >= 4 is 38.3 Å². The number of rotatable bonds is 2. The Hall–Kier alpha value is -1.94. The molecule has 0 bridgehead atoms. The van der Waals surface area contributed by atoms with Crippen molar-refractivity contribution < 1.29 is 0 Å². The van der Waals surface area contributed by atoms with E-state index in [9.17, 15) is 0 Å². The summed E-state index contributed by atoms with van der Waals surface area (Å²) in [5, 5.41) is 4.30. The first-order valence-corrected chi connectivity index (χ1v) is 6.34. The van der Waals surface area contributed by atoms with E-state index in [-0.39, 0.29) is 0 Å². The van der Waals surface area contributed by atoms with Crippen LogP contribution in [-0.4, -0.2) is 9.97 Å². The summed E-state index contributed by atoms with van der Waals surface area (Å²) in [6.07, 6.45) is 1.57. The standard InChI is InChI=1S/C14H10BrN3/c15-10-6-7-12-13(8-10)16-9-17-14(12)18-11-4-2-1-3-5-11/h1-9H,(H,16,17,18). The number of halogens is 1. The Balaban J connectivity index is 2.07. The topological polar surface area (TPSA) is 37.8 Å². The molecule has 0 spiro atoms. The predicted octanol–water partition coefficient (Wildman–Crippen LogP) is 4.14. The minimum atomic E-state index is 0.818. The van der Waals surface area contributed by atoms with Gasteiger partial charge in [0.2, 0.25) is 0 Å². The minimum Gasteiger partial charge on any atom is -0.340 e. The van der Waals surface area contributed by atoms with Gasteiger partial charge in [0.1, 0.15) is 12.1 Å². The van der Waals surface area contributed by atoms with E-state index in [1.54, 1.807) is 6.33 Å². The maximum atomic E-state index is 4.29.